The van der Waals surface area contributed by atoms with Gasteiger partial charge >= 0.3 is 0 Å². The average molecular weight is 320 g/mol. The Kier molecular flexibility index (Phi) is 5.76. The molecule has 0 radical (unpaired) electrons. The van der Waals surface area contributed by atoms with Crippen molar-refractivity contribution in [2.75, 3.05) is 24.2 Å². The normalized spacial score (nSPS) is 11.7. The van der Waals surface area contributed by atoms with E-state index in [0.29, 0.717) is 0 Å². The van der Waals surface area contributed by atoms with E-state index in [1.165, 1.54) is 0 Å². The second kappa shape index (κ2) is 7.56. The third-order valence-corrected chi connectivity index (χ3v) is 5.07. The second-order valence-corrected chi connectivity index (χ2v) is 6.61. The minimum atomic E-state index is 0.792. The SMILES string of the molecule is CCN=C(SCC)N(C)c1sc(-c2cccnc2)nc1C. The zero-order valence-electron chi connectivity index (χ0n) is 12.8. The molecule has 0 saturated carbocycles. The predicted molar refractivity (Wildman–Crippen MR) is 94.6 cm³/mol. The first-order valence-electron chi connectivity index (χ1n) is 6.96. The summed E-state index contributed by atoms with van der Waals surface area (Å²) in [7, 11) is 2.06. The van der Waals surface area contributed by atoms with E-state index in [0.717, 1.165) is 38.7 Å². The highest BCUT2D eigenvalue weighted by atomic mass is 32.2. The van der Waals surface area contributed by atoms with E-state index in [1.807, 2.05) is 25.3 Å². The fourth-order valence-corrected chi connectivity index (χ4v) is 3.75. The smallest absolute Gasteiger partial charge is 0.164 e. The van der Waals surface area contributed by atoms with Crippen molar-refractivity contribution in [3.05, 3.63) is 30.2 Å². The Bertz CT molecular complexity index is 607. The number of pyridine rings is 1. The summed E-state index contributed by atoms with van der Waals surface area (Å²) in [5.41, 5.74) is 2.09. The third-order valence-electron chi connectivity index (χ3n) is 2.84. The lowest BCUT2D eigenvalue weighted by Crippen LogP contribution is -2.23. The molecule has 2 aromatic rings. The molecule has 0 bridgehead atoms. The van der Waals surface area contributed by atoms with Crippen LogP contribution in [-0.4, -0.2) is 34.5 Å². The Morgan fingerprint density at radius 3 is 2.86 bits per heavy atom. The lowest BCUT2D eigenvalue weighted by atomic mass is 10.3. The van der Waals surface area contributed by atoms with Gasteiger partial charge in [0.2, 0.25) is 0 Å². The van der Waals surface area contributed by atoms with Crippen LogP contribution >= 0.6 is 23.1 Å². The molecule has 0 amide bonds. The fourth-order valence-electron chi connectivity index (χ4n) is 1.91. The Balaban J connectivity index is 2.32. The molecule has 0 spiro atoms. The Hall–Kier alpha value is -1.40. The summed E-state index contributed by atoms with van der Waals surface area (Å²) < 4.78 is 0. The average Bonchev–Trinajstić information content (AvgIpc) is 2.89. The van der Waals surface area contributed by atoms with E-state index in [9.17, 15) is 0 Å². The number of nitrogens with zero attached hydrogens (tertiary/aromatic N) is 4. The van der Waals surface area contributed by atoms with Crippen LogP contribution in [0.3, 0.4) is 0 Å². The van der Waals surface area contributed by atoms with Gasteiger partial charge in [0.05, 0.1) is 5.69 Å². The molecule has 0 aliphatic carbocycles. The van der Waals surface area contributed by atoms with Gasteiger partial charge in [-0.1, -0.05) is 30.0 Å². The van der Waals surface area contributed by atoms with Crippen molar-refractivity contribution < 1.29 is 0 Å². The van der Waals surface area contributed by atoms with Gasteiger partial charge < -0.3 is 4.90 Å². The van der Waals surface area contributed by atoms with Gasteiger partial charge in [0, 0.05) is 31.5 Å². The molecule has 0 unspecified atom stereocenters. The van der Waals surface area contributed by atoms with Gasteiger partial charge in [-0.15, -0.1) is 0 Å². The van der Waals surface area contributed by atoms with Gasteiger partial charge in [-0.3, -0.25) is 9.98 Å². The molecule has 0 aliphatic rings. The van der Waals surface area contributed by atoms with Gasteiger partial charge in [-0.05, 0) is 31.7 Å². The van der Waals surface area contributed by atoms with Gasteiger partial charge in [-0.25, -0.2) is 4.98 Å². The van der Waals surface area contributed by atoms with Gasteiger partial charge in [0.15, 0.2) is 5.17 Å². The molecule has 21 heavy (non-hydrogen) atoms. The Labute approximate surface area is 134 Å². The number of anilines is 1. The van der Waals surface area contributed by atoms with Crippen LogP contribution in [0.2, 0.25) is 0 Å². The Morgan fingerprint density at radius 1 is 1.43 bits per heavy atom. The molecule has 0 aliphatic heterocycles. The molecule has 4 nitrogen and oxygen atoms in total. The summed E-state index contributed by atoms with van der Waals surface area (Å²) >= 11 is 3.44. The quantitative estimate of drug-likeness (QED) is 0.629. The van der Waals surface area contributed by atoms with Crippen LogP contribution in [0.15, 0.2) is 29.5 Å². The monoisotopic (exact) mass is 320 g/mol. The molecule has 0 saturated heterocycles. The van der Waals surface area contributed by atoms with Crippen LogP contribution in [-0.2, 0) is 0 Å². The zero-order valence-corrected chi connectivity index (χ0v) is 14.5. The maximum atomic E-state index is 4.68. The van der Waals surface area contributed by atoms with Crippen molar-refractivity contribution >= 4 is 33.3 Å². The van der Waals surface area contributed by atoms with Crippen LogP contribution in [0, 0.1) is 6.92 Å². The zero-order chi connectivity index (χ0) is 15.2. The Morgan fingerprint density at radius 2 is 2.24 bits per heavy atom. The molecule has 2 rings (SSSR count). The lowest BCUT2D eigenvalue weighted by Gasteiger charge is -2.19. The minimum Gasteiger partial charge on any atom is -0.314 e. The topological polar surface area (TPSA) is 41.4 Å². The molecule has 0 aromatic carbocycles. The number of thioether (sulfide) groups is 1. The molecular formula is C15H20N4S2. The van der Waals surface area contributed by atoms with E-state index in [-0.39, 0.29) is 0 Å². The lowest BCUT2D eigenvalue weighted by molar-refractivity contribution is 1.11. The van der Waals surface area contributed by atoms with E-state index in [2.05, 4.69) is 40.8 Å². The molecule has 6 heteroatoms. The third kappa shape index (κ3) is 3.83. The van der Waals surface area contributed by atoms with Crippen LogP contribution in [0.4, 0.5) is 5.00 Å². The first-order valence-corrected chi connectivity index (χ1v) is 8.76. The second-order valence-electron chi connectivity index (χ2n) is 4.40. The van der Waals surface area contributed by atoms with Crippen LogP contribution in [0.1, 0.15) is 19.5 Å². The van der Waals surface area contributed by atoms with Crippen LogP contribution in [0.5, 0.6) is 0 Å². The van der Waals surface area contributed by atoms with Crippen molar-refractivity contribution in [1.82, 2.24) is 9.97 Å². The highest BCUT2D eigenvalue weighted by Gasteiger charge is 2.16. The number of hydrogen-bond acceptors (Lipinski definition) is 5. The van der Waals surface area contributed by atoms with Gasteiger partial charge in [-0.2, -0.15) is 0 Å². The molecule has 2 aromatic heterocycles. The molecule has 0 atom stereocenters. The standard InChI is InChI=1S/C15H20N4S2/c1-5-17-15(20-6-2)19(4)14-11(3)18-13(21-14)12-8-7-9-16-10-12/h7-10H,5-6H2,1-4H3. The number of thiazole rings is 1. The predicted octanol–water partition coefficient (Wildman–Crippen LogP) is 4.08. The van der Waals surface area contributed by atoms with Crippen molar-refractivity contribution in [2.24, 2.45) is 4.99 Å². The van der Waals surface area contributed by atoms with Gasteiger partial charge in [0.1, 0.15) is 10.0 Å². The molecular weight excluding hydrogens is 300 g/mol. The number of aromatic nitrogens is 2. The van der Waals surface area contributed by atoms with E-state index >= 15 is 0 Å². The largest absolute Gasteiger partial charge is 0.314 e. The number of hydrogen-bond donors (Lipinski definition) is 0. The van der Waals surface area contributed by atoms with Crippen molar-refractivity contribution in [2.45, 2.75) is 20.8 Å². The number of rotatable bonds is 4. The number of amidine groups is 1. The minimum absolute atomic E-state index is 0.792. The van der Waals surface area contributed by atoms with Crippen molar-refractivity contribution in [3.8, 4) is 10.6 Å². The summed E-state index contributed by atoms with van der Waals surface area (Å²) in [4.78, 5) is 15.6. The maximum Gasteiger partial charge on any atom is 0.164 e. The van der Waals surface area contributed by atoms with Gasteiger partial charge in [0.25, 0.3) is 0 Å². The van der Waals surface area contributed by atoms with Crippen LogP contribution in [0.25, 0.3) is 10.6 Å². The molecule has 0 N–H and O–H groups in total. The maximum absolute atomic E-state index is 4.68. The number of aryl methyl sites for hydroxylation is 1. The number of aliphatic imine (C=N–C) groups is 1. The first-order chi connectivity index (χ1) is 10.2. The highest BCUT2D eigenvalue weighted by molar-refractivity contribution is 8.14. The first kappa shape index (κ1) is 16.0. The summed E-state index contributed by atoms with van der Waals surface area (Å²) in [6, 6.07) is 3.98. The summed E-state index contributed by atoms with van der Waals surface area (Å²) in [5.74, 6) is 1.01. The van der Waals surface area contributed by atoms with E-state index in [1.54, 1.807) is 29.3 Å². The summed E-state index contributed by atoms with van der Waals surface area (Å²) in [6.45, 7) is 7.04. The fraction of sp³-hybridized carbons (Fsp3) is 0.400. The van der Waals surface area contributed by atoms with E-state index < -0.39 is 0 Å². The van der Waals surface area contributed by atoms with Crippen molar-refractivity contribution in [1.29, 1.82) is 0 Å². The molecule has 2 heterocycles. The van der Waals surface area contributed by atoms with Crippen LogP contribution < -0.4 is 4.90 Å². The highest BCUT2D eigenvalue weighted by Crippen LogP contribution is 2.34. The summed E-state index contributed by atoms with van der Waals surface area (Å²) in [6.07, 6.45) is 3.63. The van der Waals surface area contributed by atoms with Crippen molar-refractivity contribution in [3.63, 3.8) is 0 Å². The molecule has 0 fully saturated rings. The van der Waals surface area contributed by atoms with E-state index in [4.69, 9.17) is 0 Å². The summed E-state index contributed by atoms with van der Waals surface area (Å²) in [5, 5.41) is 3.19. The molecule has 112 valence electrons.